The van der Waals surface area contributed by atoms with Crippen LogP contribution in [0.25, 0.3) is 0 Å². The topological polar surface area (TPSA) is 112 Å². The Hall–Kier alpha value is -1.67. The summed E-state index contributed by atoms with van der Waals surface area (Å²) in [4.78, 5) is 27.2. The molecule has 0 saturated carbocycles. The molecular formula is C10H15N3O4S. The Morgan fingerprint density at radius 3 is 2.78 bits per heavy atom. The molecule has 100 valence electrons. The van der Waals surface area contributed by atoms with E-state index in [9.17, 15) is 9.59 Å². The van der Waals surface area contributed by atoms with Crippen molar-refractivity contribution in [1.29, 1.82) is 0 Å². The van der Waals surface area contributed by atoms with Crippen LogP contribution in [-0.4, -0.2) is 39.8 Å². The van der Waals surface area contributed by atoms with Crippen LogP contribution in [0, 0.1) is 6.92 Å². The quantitative estimate of drug-likeness (QED) is 0.587. The van der Waals surface area contributed by atoms with Crippen molar-refractivity contribution in [3.05, 3.63) is 16.1 Å². The summed E-state index contributed by atoms with van der Waals surface area (Å²) in [5, 5.41) is 22.3. The first-order chi connectivity index (χ1) is 8.54. The predicted octanol–water partition coefficient (Wildman–Crippen LogP) is 0.0863. The number of aliphatic hydroxyl groups excluding tert-OH is 1. The first-order valence-corrected chi connectivity index (χ1v) is 6.19. The van der Waals surface area contributed by atoms with Gasteiger partial charge in [-0.15, -0.1) is 11.3 Å². The number of amides is 2. The number of thiazole rings is 1. The smallest absolute Gasteiger partial charge is 0.326 e. The molecule has 1 aromatic heterocycles. The predicted molar refractivity (Wildman–Crippen MR) is 65.3 cm³/mol. The van der Waals surface area contributed by atoms with E-state index in [0.717, 1.165) is 10.6 Å². The lowest BCUT2D eigenvalue weighted by Gasteiger charge is -2.13. The molecule has 0 bridgehead atoms. The maximum atomic E-state index is 11.5. The van der Waals surface area contributed by atoms with Gasteiger partial charge in [0, 0.05) is 17.9 Å². The second-order valence-electron chi connectivity index (χ2n) is 3.59. The van der Waals surface area contributed by atoms with E-state index in [4.69, 9.17) is 10.2 Å². The maximum absolute atomic E-state index is 11.5. The van der Waals surface area contributed by atoms with Gasteiger partial charge in [-0.2, -0.15) is 0 Å². The Balaban J connectivity index is 2.41. The standard InChI is InChI=1S/C10H15N3O4S/c1-6-8(18-5-12-6)4-11-10(17)13-7(2-3-14)9(15)16/h5,7,14H,2-4H2,1H3,(H,15,16)(H2,11,13,17). The number of aryl methyl sites for hydroxylation is 1. The van der Waals surface area contributed by atoms with E-state index in [1.54, 1.807) is 5.51 Å². The number of carboxylic acid groups (broad SMARTS) is 1. The van der Waals surface area contributed by atoms with E-state index in [1.165, 1.54) is 11.3 Å². The van der Waals surface area contributed by atoms with Crippen molar-refractivity contribution in [1.82, 2.24) is 15.6 Å². The molecule has 0 aliphatic carbocycles. The molecule has 7 nitrogen and oxygen atoms in total. The summed E-state index contributed by atoms with van der Waals surface area (Å²) in [6.45, 7) is 1.83. The third kappa shape index (κ3) is 4.30. The number of aliphatic carboxylic acids is 1. The average Bonchev–Trinajstić information content (AvgIpc) is 2.71. The van der Waals surface area contributed by atoms with Crippen molar-refractivity contribution in [3.8, 4) is 0 Å². The van der Waals surface area contributed by atoms with E-state index < -0.39 is 18.0 Å². The Morgan fingerprint density at radius 2 is 2.28 bits per heavy atom. The van der Waals surface area contributed by atoms with Crippen molar-refractivity contribution >= 4 is 23.3 Å². The number of aliphatic hydroxyl groups is 1. The highest BCUT2D eigenvalue weighted by atomic mass is 32.1. The molecule has 0 aliphatic rings. The maximum Gasteiger partial charge on any atom is 0.326 e. The molecule has 1 unspecified atom stereocenters. The van der Waals surface area contributed by atoms with Crippen molar-refractivity contribution in [2.24, 2.45) is 0 Å². The van der Waals surface area contributed by atoms with Gasteiger partial charge in [-0.05, 0) is 6.92 Å². The molecule has 0 radical (unpaired) electrons. The van der Waals surface area contributed by atoms with Crippen LogP contribution in [0.4, 0.5) is 4.79 Å². The van der Waals surface area contributed by atoms with Gasteiger partial charge in [0.2, 0.25) is 0 Å². The SMILES string of the molecule is Cc1ncsc1CNC(=O)NC(CCO)C(=O)O. The van der Waals surface area contributed by atoms with Crippen LogP contribution in [0.5, 0.6) is 0 Å². The van der Waals surface area contributed by atoms with Crippen LogP contribution < -0.4 is 10.6 Å². The summed E-state index contributed by atoms with van der Waals surface area (Å²) in [6, 6.07) is -1.67. The Morgan fingerprint density at radius 1 is 1.56 bits per heavy atom. The number of hydrogen-bond acceptors (Lipinski definition) is 5. The number of rotatable bonds is 6. The van der Waals surface area contributed by atoms with E-state index in [0.29, 0.717) is 6.54 Å². The molecule has 4 N–H and O–H groups in total. The summed E-state index contributed by atoms with van der Waals surface area (Å²) < 4.78 is 0. The van der Waals surface area contributed by atoms with Gasteiger partial charge in [0.05, 0.1) is 17.7 Å². The molecule has 0 aromatic carbocycles. The molecule has 1 heterocycles. The first-order valence-electron chi connectivity index (χ1n) is 5.31. The van der Waals surface area contributed by atoms with E-state index in [1.807, 2.05) is 6.92 Å². The van der Waals surface area contributed by atoms with Crippen molar-refractivity contribution < 1.29 is 19.8 Å². The Bertz CT molecular complexity index is 421. The van der Waals surface area contributed by atoms with E-state index in [-0.39, 0.29) is 13.0 Å². The number of hydrogen-bond donors (Lipinski definition) is 4. The van der Waals surface area contributed by atoms with Gasteiger partial charge in [0.1, 0.15) is 6.04 Å². The number of nitrogens with zero attached hydrogens (tertiary/aromatic N) is 1. The molecule has 8 heteroatoms. The zero-order valence-corrected chi connectivity index (χ0v) is 10.7. The fourth-order valence-corrected chi connectivity index (χ4v) is 1.97. The van der Waals surface area contributed by atoms with Crippen molar-refractivity contribution in [2.75, 3.05) is 6.61 Å². The number of carboxylic acids is 1. The van der Waals surface area contributed by atoms with Gasteiger partial charge < -0.3 is 20.8 Å². The minimum atomic E-state index is -1.17. The van der Waals surface area contributed by atoms with Crippen molar-refractivity contribution in [3.63, 3.8) is 0 Å². The summed E-state index contributed by atoms with van der Waals surface area (Å²) in [7, 11) is 0. The highest BCUT2D eigenvalue weighted by Crippen LogP contribution is 2.10. The minimum absolute atomic E-state index is 0.0255. The number of carbonyl (C=O) groups excluding carboxylic acids is 1. The van der Waals surface area contributed by atoms with Crippen LogP contribution in [0.2, 0.25) is 0 Å². The lowest BCUT2D eigenvalue weighted by Crippen LogP contribution is -2.46. The van der Waals surface area contributed by atoms with Crippen LogP contribution in [0.15, 0.2) is 5.51 Å². The molecular weight excluding hydrogens is 258 g/mol. The molecule has 0 fully saturated rings. The molecule has 0 aliphatic heterocycles. The van der Waals surface area contributed by atoms with Gasteiger partial charge in [0.15, 0.2) is 0 Å². The summed E-state index contributed by atoms with van der Waals surface area (Å²) >= 11 is 1.42. The second kappa shape index (κ2) is 6.92. The third-order valence-corrected chi connectivity index (χ3v) is 3.21. The monoisotopic (exact) mass is 273 g/mol. The highest BCUT2D eigenvalue weighted by molar-refractivity contribution is 7.09. The highest BCUT2D eigenvalue weighted by Gasteiger charge is 2.18. The van der Waals surface area contributed by atoms with Gasteiger partial charge in [-0.3, -0.25) is 0 Å². The number of urea groups is 1. The summed E-state index contributed by atoms with van der Waals surface area (Å²) in [6.07, 6.45) is -0.0255. The van der Waals surface area contributed by atoms with Crippen LogP contribution in [-0.2, 0) is 11.3 Å². The normalized spacial score (nSPS) is 11.9. The molecule has 1 aromatic rings. The Kier molecular flexibility index (Phi) is 5.53. The van der Waals surface area contributed by atoms with Crippen molar-refractivity contribution in [2.45, 2.75) is 25.9 Å². The lowest BCUT2D eigenvalue weighted by molar-refractivity contribution is -0.139. The third-order valence-electron chi connectivity index (χ3n) is 2.28. The van der Waals surface area contributed by atoms with E-state index >= 15 is 0 Å². The molecule has 2 amide bonds. The summed E-state index contributed by atoms with van der Waals surface area (Å²) in [5.41, 5.74) is 2.52. The second-order valence-corrected chi connectivity index (χ2v) is 4.53. The molecule has 0 spiro atoms. The summed E-state index contributed by atoms with van der Waals surface area (Å²) in [5.74, 6) is -1.17. The fourth-order valence-electron chi connectivity index (χ4n) is 1.25. The minimum Gasteiger partial charge on any atom is -0.480 e. The molecule has 18 heavy (non-hydrogen) atoms. The average molecular weight is 273 g/mol. The van der Waals surface area contributed by atoms with Crippen LogP contribution in [0.3, 0.4) is 0 Å². The Labute approximate surface area is 108 Å². The molecule has 1 rings (SSSR count). The number of carbonyl (C=O) groups is 2. The van der Waals surface area contributed by atoms with Gasteiger partial charge in [0.25, 0.3) is 0 Å². The van der Waals surface area contributed by atoms with E-state index in [2.05, 4.69) is 15.6 Å². The molecule has 0 saturated heterocycles. The van der Waals surface area contributed by atoms with Gasteiger partial charge in [-0.1, -0.05) is 0 Å². The number of nitrogens with one attached hydrogen (secondary N) is 2. The zero-order chi connectivity index (χ0) is 13.5. The fraction of sp³-hybridized carbons (Fsp3) is 0.500. The molecule has 1 atom stereocenters. The van der Waals surface area contributed by atoms with Crippen LogP contribution in [0.1, 0.15) is 17.0 Å². The lowest BCUT2D eigenvalue weighted by atomic mass is 10.2. The zero-order valence-electron chi connectivity index (χ0n) is 9.84. The van der Waals surface area contributed by atoms with Gasteiger partial charge >= 0.3 is 12.0 Å². The number of aromatic nitrogens is 1. The van der Waals surface area contributed by atoms with Crippen LogP contribution >= 0.6 is 11.3 Å². The first kappa shape index (κ1) is 14.4. The van der Waals surface area contributed by atoms with Gasteiger partial charge in [-0.25, -0.2) is 14.6 Å². The largest absolute Gasteiger partial charge is 0.480 e.